The van der Waals surface area contributed by atoms with E-state index in [1.165, 1.54) is 77.0 Å². The van der Waals surface area contributed by atoms with Crippen molar-refractivity contribution in [2.45, 2.75) is 104 Å². The van der Waals surface area contributed by atoms with Crippen molar-refractivity contribution in [1.29, 1.82) is 0 Å². The fraction of sp³-hybridized carbons (Fsp3) is 0.944. The maximum Gasteiger partial charge on any atom is 0.198 e. The van der Waals surface area contributed by atoms with Gasteiger partial charge in [-0.25, -0.2) is 0 Å². The van der Waals surface area contributed by atoms with Gasteiger partial charge in [0.05, 0.1) is 0 Å². The Bertz CT molecular complexity index is 177. The first-order valence-corrected chi connectivity index (χ1v) is 8.66. The molecule has 1 radical (unpaired) electrons. The van der Waals surface area contributed by atoms with E-state index < -0.39 is 0 Å². The molecule has 113 valence electrons. The molecular formula is C18H35O. The van der Waals surface area contributed by atoms with Crippen molar-refractivity contribution in [2.24, 2.45) is 5.92 Å². The third-order valence-electron chi connectivity index (χ3n) is 4.03. The Morgan fingerprint density at radius 2 is 1.21 bits per heavy atom. The summed E-state index contributed by atoms with van der Waals surface area (Å²) in [5.74, 6) is 0.922. The third-order valence-corrected chi connectivity index (χ3v) is 4.03. The van der Waals surface area contributed by atoms with Gasteiger partial charge in [0.15, 0.2) is 6.29 Å². The van der Waals surface area contributed by atoms with Gasteiger partial charge in [-0.3, -0.25) is 4.79 Å². The van der Waals surface area contributed by atoms with Gasteiger partial charge in [-0.1, -0.05) is 90.9 Å². The average molecular weight is 267 g/mol. The molecule has 0 rings (SSSR count). The first kappa shape index (κ1) is 18.7. The molecule has 0 aromatic heterocycles. The molecule has 0 aliphatic heterocycles. The highest BCUT2D eigenvalue weighted by molar-refractivity contribution is 5.50. The van der Waals surface area contributed by atoms with Crippen LogP contribution in [0.4, 0.5) is 0 Å². The maximum absolute atomic E-state index is 10.0. The van der Waals surface area contributed by atoms with Crippen LogP contribution in [0.15, 0.2) is 0 Å². The predicted molar refractivity (Wildman–Crippen MR) is 85.2 cm³/mol. The van der Waals surface area contributed by atoms with Crippen LogP contribution in [-0.2, 0) is 4.79 Å². The van der Waals surface area contributed by atoms with Gasteiger partial charge in [-0.05, 0) is 12.3 Å². The molecule has 1 unspecified atom stereocenters. The van der Waals surface area contributed by atoms with Crippen molar-refractivity contribution in [3.05, 3.63) is 0 Å². The van der Waals surface area contributed by atoms with Gasteiger partial charge in [0, 0.05) is 6.42 Å². The lowest BCUT2D eigenvalue weighted by molar-refractivity contribution is 0.432. The quantitative estimate of drug-likeness (QED) is 0.322. The second-order valence-corrected chi connectivity index (χ2v) is 6.11. The molecule has 0 aliphatic rings. The molecule has 0 aliphatic carbocycles. The van der Waals surface area contributed by atoms with Crippen molar-refractivity contribution in [1.82, 2.24) is 0 Å². The van der Waals surface area contributed by atoms with E-state index >= 15 is 0 Å². The van der Waals surface area contributed by atoms with E-state index in [0.29, 0.717) is 6.42 Å². The van der Waals surface area contributed by atoms with Crippen molar-refractivity contribution < 1.29 is 4.79 Å². The normalized spacial score (nSPS) is 12.5. The summed E-state index contributed by atoms with van der Waals surface area (Å²) < 4.78 is 0. The lowest BCUT2D eigenvalue weighted by atomic mass is 9.96. The zero-order valence-corrected chi connectivity index (χ0v) is 13.4. The molecule has 1 nitrogen and oxygen atoms in total. The van der Waals surface area contributed by atoms with Crippen LogP contribution in [-0.4, -0.2) is 6.29 Å². The first-order valence-electron chi connectivity index (χ1n) is 8.66. The van der Waals surface area contributed by atoms with Gasteiger partial charge < -0.3 is 0 Å². The van der Waals surface area contributed by atoms with Crippen molar-refractivity contribution in [2.75, 3.05) is 0 Å². The third kappa shape index (κ3) is 15.6. The largest absolute Gasteiger partial charge is 0.291 e. The second-order valence-electron chi connectivity index (χ2n) is 6.11. The molecule has 0 heterocycles. The Kier molecular flexibility index (Phi) is 15.5. The van der Waals surface area contributed by atoms with Crippen LogP contribution < -0.4 is 0 Å². The SMILES string of the molecule is CCCCCCCC(C)CCCCCCCC[C]=O. The standard InChI is InChI=1S/C18H35O/c1-3-4-5-9-12-15-18(2)16-13-10-7-6-8-11-14-17-19/h18H,3-16H2,1-2H3. The Morgan fingerprint density at radius 1 is 0.737 bits per heavy atom. The number of unbranched alkanes of at least 4 members (excludes halogenated alkanes) is 10. The molecular weight excluding hydrogens is 232 g/mol. The van der Waals surface area contributed by atoms with Crippen LogP contribution in [0.1, 0.15) is 104 Å². The van der Waals surface area contributed by atoms with E-state index in [-0.39, 0.29) is 0 Å². The Balaban J connectivity index is 3.11. The monoisotopic (exact) mass is 267 g/mol. The highest BCUT2D eigenvalue weighted by atomic mass is 16.1. The number of hydrogen-bond donors (Lipinski definition) is 0. The molecule has 0 saturated carbocycles. The van der Waals surface area contributed by atoms with E-state index in [1.54, 1.807) is 0 Å². The minimum Gasteiger partial charge on any atom is -0.291 e. The van der Waals surface area contributed by atoms with E-state index in [9.17, 15) is 4.79 Å². The maximum atomic E-state index is 10.0. The second kappa shape index (κ2) is 15.7. The van der Waals surface area contributed by atoms with E-state index in [1.807, 2.05) is 6.29 Å². The minimum absolute atomic E-state index is 0.634. The number of rotatable bonds is 15. The summed E-state index contributed by atoms with van der Waals surface area (Å²) >= 11 is 0. The summed E-state index contributed by atoms with van der Waals surface area (Å²) in [6.45, 7) is 4.69. The number of carbonyl (C=O) groups excluding carboxylic acids is 1. The zero-order chi connectivity index (χ0) is 14.2. The van der Waals surface area contributed by atoms with Crippen LogP contribution in [0.5, 0.6) is 0 Å². The molecule has 0 saturated heterocycles. The van der Waals surface area contributed by atoms with Crippen molar-refractivity contribution in [3.63, 3.8) is 0 Å². The number of hydrogen-bond acceptors (Lipinski definition) is 1. The van der Waals surface area contributed by atoms with Gasteiger partial charge in [0.25, 0.3) is 0 Å². The topological polar surface area (TPSA) is 17.1 Å². The van der Waals surface area contributed by atoms with Gasteiger partial charge >= 0.3 is 0 Å². The first-order chi connectivity index (χ1) is 9.31. The van der Waals surface area contributed by atoms with Gasteiger partial charge in [0.2, 0.25) is 0 Å². The molecule has 1 atom stereocenters. The molecule has 0 N–H and O–H groups in total. The molecule has 0 spiro atoms. The molecule has 1 heteroatoms. The summed E-state index contributed by atoms with van der Waals surface area (Å²) in [7, 11) is 0. The van der Waals surface area contributed by atoms with Crippen LogP contribution in [0.2, 0.25) is 0 Å². The van der Waals surface area contributed by atoms with Crippen LogP contribution >= 0.6 is 0 Å². The van der Waals surface area contributed by atoms with Gasteiger partial charge in [-0.2, -0.15) is 0 Å². The minimum atomic E-state index is 0.634. The zero-order valence-electron chi connectivity index (χ0n) is 13.4. The van der Waals surface area contributed by atoms with Crippen LogP contribution in [0, 0.1) is 5.92 Å². The lowest BCUT2D eigenvalue weighted by Gasteiger charge is -2.10. The molecule has 0 aromatic carbocycles. The molecule has 0 fully saturated rings. The summed E-state index contributed by atoms with van der Waals surface area (Å²) in [4.78, 5) is 10.0. The van der Waals surface area contributed by atoms with Gasteiger partial charge in [-0.15, -0.1) is 0 Å². The smallest absolute Gasteiger partial charge is 0.198 e. The van der Waals surface area contributed by atoms with E-state index in [0.717, 1.165) is 12.3 Å². The van der Waals surface area contributed by atoms with E-state index in [2.05, 4.69) is 13.8 Å². The molecule has 19 heavy (non-hydrogen) atoms. The summed E-state index contributed by atoms with van der Waals surface area (Å²) in [6.07, 6.45) is 20.2. The molecule has 0 bridgehead atoms. The fourth-order valence-corrected chi connectivity index (χ4v) is 2.64. The highest BCUT2D eigenvalue weighted by Gasteiger charge is 2.01. The van der Waals surface area contributed by atoms with Crippen molar-refractivity contribution in [3.8, 4) is 0 Å². The van der Waals surface area contributed by atoms with Crippen LogP contribution in [0.3, 0.4) is 0 Å². The summed E-state index contributed by atoms with van der Waals surface area (Å²) in [5.41, 5.74) is 0. The summed E-state index contributed by atoms with van der Waals surface area (Å²) in [5, 5.41) is 0. The molecule has 0 amide bonds. The van der Waals surface area contributed by atoms with Gasteiger partial charge in [0.1, 0.15) is 0 Å². The lowest BCUT2D eigenvalue weighted by Crippen LogP contribution is -1.95. The average Bonchev–Trinajstić information content (AvgIpc) is 2.41. The Hall–Kier alpha value is -0.330. The van der Waals surface area contributed by atoms with E-state index in [4.69, 9.17) is 0 Å². The predicted octanol–water partition coefficient (Wildman–Crippen LogP) is 6.21. The Morgan fingerprint density at radius 3 is 1.74 bits per heavy atom. The molecule has 0 aromatic rings. The van der Waals surface area contributed by atoms with Crippen molar-refractivity contribution >= 4 is 6.29 Å². The Labute approximate surface area is 121 Å². The fourth-order valence-electron chi connectivity index (χ4n) is 2.64. The highest BCUT2D eigenvalue weighted by Crippen LogP contribution is 2.18. The summed E-state index contributed by atoms with van der Waals surface area (Å²) in [6, 6.07) is 0. The van der Waals surface area contributed by atoms with Crippen LogP contribution in [0.25, 0.3) is 0 Å².